The van der Waals surface area contributed by atoms with Crippen molar-refractivity contribution in [1.29, 1.82) is 0 Å². The zero-order valence-electron chi connectivity index (χ0n) is 15.1. The van der Waals surface area contributed by atoms with Crippen LogP contribution in [0.2, 0.25) is 0 Å². The maximum Gasteiger partial charge on any atom is 0.122 e. The maximum absolute atomic E-state index is 5.33. The third-order valence-corrected chi connectivity index (χ3v) is 4.38. The van der Waals surface area contributed by atoms with Crippen molar-refractivity contribution in [3.8, 4) is 11.5 Å². The van der Waals surface area contributed by atoms with Crippen LogP contribution in [0.15, 0.2) is 42.5 Å². The van der Waals surface area contributed by atoms with Gasteiger partial charge in [0, 0.05) is 6.07 Å². The second kappa shape index (κ2) is 7.97. The summed E-state index contributed by atoms with van der Waals surface area (Å²) in [6, 6.07) is 14.1. The third-order valence-electron chi connectivity index (χ3n) is 4.38. The summed E-state index contributed by atoms with van der Waals surface area (Å²) >= 11 is 0. The number of para-hydroxylation sites is 2. The van der Waals surface area contributed by atoms with E-state index in [1.54, 1.807) is 14.2 Å². The first-order valence-corrected chi connectivity index (χ1v) is 8.64. The average molecular weight is 336 g/mol. The van der Waals surface area contributed by atoms with Crippen molar-refractivity contribution in [2.75, 3.05) is 14.2 Å². The summed E-state index contributed by atoms with van der Waals surface area (Å²) in [5.74, 6) is 1.68. The predicted molar refractivity (Wildman–Crippen MR) is 100 cm³/mol. The molecular formula is C21H24N2O2. The molecule has 2 aromatic carbocycles. The van der Waals surface area contributed by atoms with E-state index in [2.05, 4.69) is 17.1 Å². The molecule has 0 saturated heterocycles. The van der Waals surface area contributed by atoms with E-state index >= 15 is 0 Å². The number of rotatable bonds is 7. The summed E-state index contributed by atoms with van der Waals surface area (Å²) in [6.45, 7) is 2.04. The van der Waals surface area contributed by atoms with Crippen molar-refractivity contribution >= 4 is 11.0 Å². The molecule has 3 rings (SSSR count). The lowest BCUT2D eigenvalue weighted by atomic mass is 10.0. The van der Waals surface area contributed by atoms with Crippen LogP contribution in [0.5, 0.6) is 11.5 Å². The molecule has 1 aromatic heterocycles. The fourth-order valence-electron chi connectivity index (χ4n) is 2.99. The van der Waals surface area contributed by atoms with E-state index in [0.29, 0.717) is 0 Å². The summed E-state index contributed by atoms with van der Waals surface area (Å²) in [4.78, 5) is 9.43. The zero-order valence-corrected chi connectivity index (χ0v) is 15.1. The summed E-state index contributed by atoms with van der Waals surface area (Å²) in [6.07, 6.45) is 4.11. The van der Waals surface area contributed by atoms with Gasteiger partial charge in [-0.25, -0.2) is 9.97 Å². The van der Waals surface area contributed by atoms with E-state index < -0.39 is 0 Å². The maximum atomic E-state index is 5.33. The molecule has 25 heavy (non-hydrogen) atoms. The Morgan fingerprint density at radius 1 is 0.800 bits per heavy atom. The minimum atomic E-state index is 0.839. The monoisotopic (exact) mass is 336 g/mol. The molecule has 0 aliphatic carbocycles. The molecule has 0 atom stereocenters. The predicted octanol–water partition coefficient (Wildman–Crippen LogP) is 4.52. The van der Waals surface area contributed by atoms with Gasteiger partial charge in [-0.2, -0.15) is 0 Å². The number of unbranched alkanes of at least 4 members (excludes halogenated alkanes) is 1. The van der Waals surface area contributed by atoms with Gasteiger partial charge < -0.3 is 9.47 Å². The Morgan fingerprint density at radius 2 is 1.40 bits per heavy atom. The third kappa shape index (κ3) is 4.27. The van der Waals surface area contributed by atoms with Crippen LogP contribution in [-0.2, 0) is 12.8 Å². The van der Waals surface area contributed by atoms with E-state index in [4.69, 9.17) is 14.5 Å². The number of aryl methyl sites for hydroxylation is 3. The lowest BCUT2D eigenvalue weighted by Gasteiger charge is -2.09. The van der Waals surface area contributed by atoms with Gasteiger partial charge in [0.2, 0.25) is 0 Å². The Labute approximate surface area is 148 Å². The molecule has 0 aliphatic rings. The van der Waals surface area contributed by atoms with Gasteiger partial charge in [0.1, 0.15) is 11.5 Å². The molecular weight excluding hydrogens is 312 g/mol. The number of methoxy groups -OCH3 is 2. The molecule has 0 spiro atoms. The number of benzene rings is 2. The van der Waals surface area contributed by atoms with E-state index in [1.165, 1.54) is 5.56 Å². The van der Waals surface area contributed by atoms with Crippen molar-refractivity contribution in [3.05, 3.63) is 59.4 Å². The summed E-state index contributed by atoms with van der Waals surface area (Å²) in [5, 5.41) is 0. The van der Waals surface area contributed by atoms with Gasteiger partial charge in [-0.1, -0.05) is 12.1 Å². The van der Waals surface area contributed by atoms with Gasteiger partial charge in [0.25, 0.3) is 0 Å². The molecule has 130 valence electrons. The molecule has 0 unspecified atom stereocenters. The molecule has 0 aliphatic heterocycles. The number of aromatic nitrogens is 2. The average Bonchev–Trinajstić information content (AvgIpc) is 2.65. The highest BCUT2D eigenvalue weighted by Gasteiger charge is 2.06. The number of hydrogen-bond donors (Lipinski definition) is 0. The first kappa shape index (κ1) is 17.2. The Hall–Kier alpha value is -2.62. The molecule has 4 heteroatoms. The van der Waals surface area contributed by atoms with Crippen LogP contribution < -0.4 is 9.47 Å². The molecule has 0 amide bonds. The highest BCUT2D eigenvalue weighted by atomic mass is 16.5. The molecule has 1 heterocycles. The molecule has 0 radical (unpaired) electrons. The Bertz CT molecular complexity index is 839. The van der Waals surface area contributed by atoms with Crippen LogP contribution in [0.25, 0.3) is 11.0 Å². The van der Waals surface area contributed by atoms with Gasteiger partial charge in [0.15, 0.2) is 0 Å². The smallest absolute Gasteiger partial charge is 0.122 e. The molecule has 0 fully saturated rings. The van der Waals surface area contributed by atoms with Gasteiger partial charge in [0.05, 0.1) is 36.6 Å². The first-order valence-electron chi connectivity index (χ1n) is 8.64. The van der Waals surface area contributed by atoms with Crippen LogP contribution >= 0.6 is 0 Å². The number of hydrogen-bond acceptors (Lipinski definition) is 4. The standard InChI is InChI=1S/C21H24N2O2/c1-15-19(23-21-11-7-6-10-20(21)22-15)9-5-4-8-16-12-17(24-2)14-18(13-16)25-3/h6-7,10-14H,4-5,8-9H2,1-3H3. The highest BCUT2D eigenvalue weighted by Crippen LogP contribution is 2.24. The Morgan fingerprint density at radius 3 is 2.04 bits per heavy atom. The first-order chi connectivity index (χ1) is 12.2. The van der Waals surface area contributed by atoms with Gasteiger partial charge >= 0.3 is 0 Å². The van der Waals surface area contributed by atoms with Gasteiger partial charge in [-0.15, -0.1) is 0 Å². The van der Waals surface area contributed by atoms with E-state index in [-0.39, 0.29) is 0 Å². The summed E-state index contributed by atoms with van der Waals surface area (Å²) in [7, 11) is 3.36. The topological polar surface area (TPSA) is 44.2 Å². The fourth-order valence-corrected chi connectivity index (χ4v) is 2.99. The van der Waals surface area contributed by atoms with Crippen LogP contribution in [0.1, 0.15) is 29.8 Å². The summed E-state index contributed by atoms with van der Waals surface area (Å²) in [5.41, 5.74) is 5.30. The molecule has 0 N–H and O–H groups in total. The van der Waals surface area contributed by atoms with Gasteiger partial charge in [-0.05, 0) is 62.4 Å². The van der Waals surface area contributed by atoms with E-state index in [0.717, 1.165) is 59.6 Å². The quantitative estimate of drug-likeness (QED) is 0.595. The molecule has 4 nitrogen and oxygen atoms in total. The number of ether oxygens (including phenoxy) is 2. The van der Waals surface area contributed by atoms with Crippen molar-refractivity contribution < 1.29 is 9.47 Å². The molecule has 3 aromatic rings. The minimum Gasteiger partial charge on any atom is -0.497 e. The van der Waals surface area contributed by atoms with Crippen molar-refractivity contribution in [1.82, 2.24) is 9.97 Å². The van der Waals surface area contributed by atoms with E-state index in [9.17, 15) is 0 Å². The number of nitrogens with zero attached hydrogens (tertiary/aromatic N) is 2. The largest absolute Gasteiger partial charge is 0.497 e. The van der Waals surface area contributed by atoms with Crippen molar-refractivity contribution in [2.45, 2.75) is 32.6 Å². The van der Waals surface area contributed by atoms with Crippen LogP contribution in [-0.4, -0.2) is 24.2 Å². The normalized spacial score (nSPS) is 10.8. The molecule has 0 bridgehead atoms. The lowest BCUT2D eigenvalue weighted by Crippen LogP contribution is -1.99. The second-order valence-electron chi connectivity index (χ2n) is 6.17. The highest BCUT2D eigenvalue weighted by molar-refractivity contribution is 5.74. The van der Waals surface area contributed by atoms with Crippen LogP contribution in [0, 0.1) is 6.92 Å². The molecule has 0 saturated carbocycles. The second-order valence-corrected chi connectivity index (χ2v) is 6.17. The van der Waals surface area contributed by atoms with Gasteiger partial charge in [-0.3, -0.25) is 0 Å². The Kier molecular flexibility index (Phi) is 5.49. The zero-order chi connectivity index (χ0) is 17.6. The minimum absolute atomic E-state index is 0.839. The fraction of sp³-hybridized carbons (Fsp3) is 0.333. The Balaban J connectivity index is 1.61. The number of fused-ring (bicyclic) bond motifs is 1. The van der Waals surface area contributed by atoms with E-state index in [1.807, 2.05) is 37.3 Å². The summed E-state index contributed by atoms with van der Waals surface area (Å²) < 4.78 is 10.7. The SMILES string of the molecule is COc1cc(CCCCc2nc3ccccc3nc2C)cc(OC)c1. The lowest BCUT2D eigenvalue weighted by molar-refractivity contribution is 0.393. The van der Waals surface area contributed by atoms with Crippen molar-refractivity contribution in [3.63, 3.8) is 0 Å². The van der Waals surface area contributed by atoms with Crippen LogP contribution in [0.4, 0.5) is 0 Å². The van der Waals surface area contributed by atoms with Crippen LogP contribution in [0.3, 0.4) is 0 Å². The van der Waals surface area contributed by atoms with Crippen molar-refractivity contribution in [2.24, 2.45) is 0 Å².